The molecule has 0 spiro atoms. The van der Waals surface area contributed by atoms with Gasteiger partial charge in [-0.3, -0.25) is 19.7 Å². The van der Waals surface area contributed by atoms with Crippen molar-refractivity contribution in [2.75, 3.05) is 22.4 Å². The molecular weight excluding hydrogens is 561 g/mol. The third-order valence-corrected chi connectivity index (χ3v) is 5.56. The number of methoxy groups -OCH3 is 1. The van der Waals surface area contributed by atoms with Crippen molar-refractivity contribution < 1.29 is 42.0 Å². The number of benzene rings is 3. The average Bonchev–Trinajstić information content (AvgIpc) is 2.90. The minimum absolute atomic E-state index is 0.0302. The number of hydrogen-bond acceptors (Lipinski definition) is 7. The molecule has 0 unspecified atom stereocenters. The van der Waals surface area contributed by atoms with Crippen LogP contribution >= 0.6 is 0 Å². The van der Waals surface area contributed by atoms with E-state index in [2.05, 4.69) is 5.32 Å². The number of anilines is 3. The van der Waals surface area contributed by atoms with Crippen LogP contribution < -0.4 is 20.1 Å². The van der Waals surface area contributed by atoms with E-state index in [1.54, 1.807) is 31.2 Å². The van der Waals surface area contributed by atoms with E-state index in [1.807, 2.05) is 0 Å². The number of nitro groups is 1. The summed E-state index contributed by atoms with van der Waals surface area (Å²) in [6.07, 6.45) is -6.88. The second-order valence-electron chi connectivity index (χ2n) is 9.84. The molecule has 14 heteroatoms. The summed E-state index contributed by atoms with van der Waals surface area (Å²) in [4.78, 5) is 49.4. The van der Waals surface area contributed by atoms with Gasteiger partial charge in [-0.1, -0.05) is 18.2 Å². The highest BCUT2D eigenvalue weighted by Crippen LogP contribution is 2.38. The Labute approximate surface area is 238 Å². The standard InChI is InChI=1S/C28H27F3N4O7/c1-17-8-6-7-9-21(17)24(36)32-18-10-12-19(13-11-18)33(26(38)42-27(2,3)4)34(25(37)28(29,30)31)22-15-14-20(35(39)40)16-23(22)41-5/h6-16H,1-5H3,(H,32,36). The Morgan fingerprint density at radius 3 is 2.07 bits per heavy atom. The molecule has 0 aromatic heterocycles. The normalized spacial score (nSPS) is 11.3. The van der Waals surface area contributed by atoms with E-state index in [-0.39, 0.29) is 16.4 Å². The number of carbonyl (C=O) groups excluding carboxylic acids is 3. The fourth-order valence-electron chi connectivity index (χ4n) is 3.70. The van der Waals surface area contributed by atoms with Gasteiger partial charge in [0.05, 0.1) is 23.8 Å². The molecule has 0 bridgehead atoms. The average molecular weight is 589 g/mol. The van der Waals surface area contributed by atoms with Crippen molar-refractivity contribution in [3.8, 4) is 5.75 Å². The van der Waals surface area contributed by atoms with Crippen LogP contribution in [0.25, 0.3) is 0 Å². The van der Waals surface area contributed by atoms with Crippen molar-refractivity contribution in [2.45, 2.75) is 39.5 Å². The van der Waals surface area contributed by atoms with E-state index in [4.69, 9.17) is 9.47 Å². The number of hydrogen-bond donors (Lipinski definition) is 1. The van der Waals surface area contributed by atoms with Crippen LogP contribution in [0.5, 0.6) is 5.75 Å². The largest absolute Gasteiger partial charge is 0.494 e. The second-order valence-corrected chi connectivity index (χ2v) is 9.84. The van der Waals surface area contributed by atoms with Crippen LogP contribution in [0, 0.1) is 17.0 Å². The van der Waals surface area contributed by atoms with Gasteiger partial charge in [-0.15, -0.1) is 0 Å². The van der Waals surface area contributed by atoms with Gasteiger partial charge in [-0.05, 0) is 69.7 Å². The first kappa shape index (κ1) is 31.4. The van der Waals surface area contributed by atoms with E-state index in [0.717, 1.165) is 25.3 Å². The fourth-order valence-corrected chi connectivity index (χ4v) is 3.70. The molecule has 0 atom stereocenters. The fraction of sp³-hybridized carbons (Fsp3) is 0.250. The molecule has 0 aliphatic carbocycles. The third-order valence-electron chi connectivity index (χ3n) is 5.56. The number of rotatable bonds is 6. The van der Waals surface area contributed by atoms with Gasteiger partial charge in [0.1, 0.15) is 11.3 Å². The molecule has 0 aliphatic heterocycles. The maximum Gasteiger partial charge on any atom is 0.473 e. The van der Waals surface area contributed by atoms with Crippen molar-refractivity contribution in [3.63, 3.8) is 0 Å². The molecule has 3 rings (SSSR count). The Morgan fingerprint density at radius 2 is 1.55 bits per heavy atom. The van der Waals surface area contributed by atoms with Crippen molar-refractivity contribution in [1.29, 1.82) is 0 Å². The summed E-state index contributed by atoms with van der Waals surface area (Å²) in [5.74, 6) is -3.47. The molecule has 11 nitrogen and oxygen atoms in total. The van der Waals surface area contributed by atoms with E-state index in [0.29, 0.717) is 16.1 Å². The summed E-state index contributed by atoms with van der Waals surface area (Å²) in [7, 11) is 1.03. The topological polar surface area (TPSA) is 131 Å². The lowest BCUT2D eigenvalue weighted by Gasteiger charge is -2.36. The number of nitrogens with zero attached hydrogens (tertiary/aromatic N) is 3. The quantitative estimate of drug-likeness (QED) is 0.260. The molecule has 222 valence electrons. The van der Waals surface area contributed by atoms with Crippen LogP contribution in [0.15, 0.2) is 66.7 Å². The molecule has 3 amide bonds. The van der Waals surface area contributed by atoms with Crippen molar-refractivity contribution in [3.05, 3.63) is 88.0 Å². The number of nitrogens with one attached hydrogen (secondary N) is 1. The lowest BCUT2D eigenvalue weighted by molar-refractivity contribution is -0.384. The number of amides is 3. The molecule has 42 heavy (non-hydrogen) atoms. The number of alkyl halides is 3. The van der Waals surface area contributed by atoms with Gasteiger partial charge in [-0.25, -0.2) is 4.79 Å². The zero-order valence-corrected chi connectivity index (χ0v) is 23.2. The van der Waals surface area contributed by atoms with Gasteiger partial charge in [0.25, 0.3) is 11.6 Å². The smallest absolute Gasteiger partial charge is 0.473 e. The summed E-state index contributed by atoms with van der Waals surface area (Å²) in [5, 5.41) is 14.2. The van der Waals surface area contributed by atoms with Crippen LogP contribution in [-0.2, 0) is 9.53 Å². The number of non-ortho nitro benzene ring substituents is 1. The minimum Gasteiger partial charge on any atom is -0.494 e. The highest BCUT2D eigenvalue weighted by Gasteiger charge is 2.48. The predicted molar refractivity (Wildman–Crippen MR) is 147 cm³/mol. The van der Waals surface area contributed by atoms with E-state index in [1.165, 1.54) is 45.0 Å². The number of hydrazine groups is 1. The molecule has 0 saturated carbocycles. The number of carbonyl (C=O) groups is 3. The van der Waals surface area contributed by atoms with E-state index >= 15 is 0 Å². The minimum atomic E-state index is -5.51. The van der Waals surface area contributed by atoms with Gasteiger partial charge in [-0.2, -0.15) is 23.2 Å². The Bertz CT molecular complexity index is 1500. The predicted octanol–water partition coefficient (Wildman–Crippen LogP) is 6.42. The van der Waals surface area contributed by atoms with E-state index in [9.17, 15) is 37.7 Å². The van der Waals surface area contributed by atoms with Crippen LogP contribution in [0.3, 0.4) is 0 Å². The second kappa shape index (κ2) is 12.2. The van der Waals surface area contributed by atoms with Crippen molar-refractivity contribution in [1.82, 2.24) is 0 Å². The number of ether oxygens (including phenoxy) is 2. The van der Waals surface area contributed by atoms with Gasteiger partial charge in [0.15, 0.2) is 5.75 Å². The summed E-state index contributed by atoms with van der Waals surface area (Å²) >= 11 is 0. The first-order valence-corrected chi connectivity index (χ1v) is 12.3. The monoisotopic (exact) mass is 588 g/mol. The zero-order valence-electron chi connectivity index (χ0n) is 23.2. The number of aryl methyl sites for hydroxylation is 1. The van der Waals surface area contributed by atoms with Crippen molar-refractivity contribution >= 4 is 40.7 Å². The molecule has 0 saturated heterocycles. The van der Waals surface area contributed by atoms with Crippen LogP contribution in [0.2, 0.25) is 0 Å². The molecule has 0 aliphatic rings. The number of halogens is 3. The Morgan fingerprint density at radius 1 is 0.929 bits per heavy atom. The summed E-state index contributed by atoms with van der Waals surface area (Å²) in [5.41, 5.74) is -1.30. The Hall–Kier alpha value is -5.14. The molecule has 0 radical (unpaired) electrons. The van der Waals surface area contributed by atoms with Crippen molar-refractivity contribution in [2.24, 2.45) is 0 Å². The van der Waals surface area contributed by atoms with Crippen LogP contribution in [0.4, 0.5) is 40.7 Å². The zero-order chi connectivity index (χ0) is 31.4. The highest BCUT2D eigenvalue weighted by molar-refractivity contribution is 6.08. The SMILES string of the molecule is COc1cc([N+](=O)[O-])ccc1N(C(=O)C(F)(F)F)N(C(=O)OC(C)(C)C)c1ccc(NC(=O)c2ccccc2C)cc1. The molecule has 3 aromatic rings. The molecule has 3 aromatic carbocycles. The first-order valence-electron chi connectivity index (χ1n) is 12.3. The Kier molecular flexibility index (Phi) is 9.09. The summed E-state index contributed by atoms with van der Waals surface area (Å²) in [6, 6.07) is 14.3. The Balaban J connectivity index is 2.15. The summed E-state index contributed by atoms with van der Waals surface area (Å²) in [6.45, 7) is 6.15. The van der Waals surface area contributed by atoms with Gasteiger partial charge in [0, 0.05) is 17.3 Å². The molecular formula is C28H27F3N4O7. The lowest BCUT2D eigenvalue weighted by atomic mass is 10.1. The molecule has 1 N–H and O–H groups in total. The molecule has 0 heterocycles. The highest BCUT2D eigenvalue weighted by atomic mass is 19.4. The van der Waals surface area contributed by atoms with Crippen LogP contribution in [-0.4, -0.2) is 41.7 Å². The van der Waals surface area contributed by atoms with Crippen LogP contribution in [0.1, 0.15) is 36.7 Å². The maximum atomic E-state index is 13.9. The van der Waals surface area contributed by atoms with Gasteiger partial charge >= 0.3 is 18.2 Å². The maximum absolute atomic E-state index is 13.9. The molecule has 0 fully saturated rings. The van der Waals surface area contributed by atoms with Gasteiger partial charge in [0.2, 0.25) is 0 Å². The van der Waals surface area contributed by atoms with E-state index < -0.39 is 51.7 Å². The van der Waals surface area contributed by atoms with Gasteiger partial charge < -0.3 is 14.8 Å². The first-order chi connectivity index (χ1) is 19.5. The number of nitro benzene ring substituents is 1. The third kappa shape index (κ3) is 7.33. The lowest BCUT2D eigenvalue weighted by Crippen LogP contribution is -2.56. The summed E-state index contributed by atoms with van der Waals surface area (Å²) < 4.78 is 52.2.